The van der Waals surface area contributed by atoms with E-state index in [1.54, 1.807) is 28.8 Å². The molecule has 104 valence electrons. The van der Waals surface area contributed by atoms with Crippen LogP contribution in [-0.2, 0) is 6.54 Å². The number of aliphatic hydroxyl groups excluding tert-OH is 1. The molecule has 2 aromatic heterocycles. The Labute approximate surface area is 115 Å². The van der Waals surface area contributed by atoms with Crippen molar-refractivity contribution in [3.63, 3.8) is 0 Å². The van der Waals surface area contributed by atoms with Crippen LogP contribution in [-0.4, -0.2) is 9.67 Å². The number of rotatable bonds is 3. The van der Waals surface area contributed by atoms with Gasteiger partial charge in [0, 0.05) is 12.1 Å². The summed E-state index contributed by atoms with van der Waals surface area (Å²) in [6.07, 6.45) is 0.726. The highest BCUT2D eigenvalue weighted by Gasteiger charge is 2.15. The molecule has 0 saturated heterocycles. The van der Waals surface area contributed by atoms with E-state index in [0.717, 1.165) is 11.3 Å². The second-order valence-electron chi connectivity index (χ2n) is 4.73. The zero-order chi connectivity index (χ0) is 14.3. The molecule has 5 heteroatoms. The summed E-state index contributed by atoms with van der Waals surface area (Å²) in [6, 6.07) is 7.05. The summed E-state index contributed by atoms with van der Waals surface area (Å²) >= 11 is 0. The fourth-order valence-corrected chi connectivity index (χ4v) is 2.35. The van der Waals surface area contributed by atoms with Gasteiger partial charge in [-0.05, 0) is 37.6 Å². The van der Waals surface area contributed by atoms with E-state index in [4.69, 9.17) is 8.83 Å². The van der Waals surface area contributed by atoms with Crippen molar-refractivity contribution in [3.8, 4) is 0 Å². The quantitative estimate of drug-likeness (QED) is 0.796. The van der Waals surface area contributed by atoms with Gasteiger partial charge in [-0.3, -0.25) is 4.57 Å². The summed E-state index contributed by atoms with van der Waals surface area (Å²) in [5.74, 6) is 0.358. The molecule has 0 saturated carbocycles. The molecule has 0 amide bonds. The monoisotopic (exact) mass is 273 g/mol. The van der Waals surface area contributed by atoms with E-state index < -0.39 is 6.10 Å². The third-order valence-corrected chi connectivity index (χ3v) is 3.39. The van der Waals surface area contributed by atoms with Gasteiger partial charge in [-0.1, -0.05) is 6.07 Å². The summed E-state index contributed by atoms with van der Waals surface area (Å²) in [7, 11) is 0. The molecular formula is C15H15NO4. The average Bonchev–Trinajstić information content (AvgIpc) is 2.99. The molecule has 5 nitrogen and oxygen atoms in total. The Kier molecular flexibility index (Phi) is 2.99. The Hall–Kier alpha value is -2.27. The first kappa shape index (κ1) is 12.7. The van der Waals surface area contributed by atoms with E-state index in [1.807, 2.05) is 13.8 Å². The maximum atomic E-state index is 11.6. The minimum absolute atomic E-state index is 0.381. The smallest absolute Gasteiger partial charge is 0.419 e. The lowest BCUT2D eigenvalue weighted by atomic mass is 10.0. The lowest BCUT2D eigenvalue weighted by Crippen LogP contribution is -2.11. The van der Waals surface area contributed by atoms with E-state index in [0.29, 0.717) is 23.3 Å². The Balaban J connectivity index is 2.07. The van der Waals surface area contributed by atoms with Crippen molar-refractivity contribution in [3.05, 3.63) is 58.0 Å². The predicted octanol–water partition coefficient (Wildman–Crippen LogP) is 2.60. The number of benzene rings is 1. The molecule has 0 aliphatic rings. The number of aryl methyl sites for hydroxylation is 2. The highest BCUT2D eigenvalue weighted by atomic mass is 16.4. The van der Waals surface area contributed by atoms with E-state index in [-0.39, 0.29) is 5.76 Å². The Morgan fingerprint density at radius 1 is 1.30 bits per heavy atom. The van der Waals surface area contributed by atoms with Gasteiger partial charge in [0.15, 0.2) is 5.58 Å². The number of furan rings is 1. The standard InChI is InChI=1S/C15H15NO4/c1-3-16-12-5-4-10(7-13(12)20-15(16)18)14(17)11-6-9(2)19-8-11/h4-8,14,17H,3H2,1-2H3. The first-order valence-electron chi connectivity index (χ1n) is 6.46. The number of fused-ring (bicyclic) bond motifs is 1. The third-order valence-electron chi connectivity index (χ3n) is 3.39. The van der Waals surface area contributed by atoms with Gasteiger partial charge in [-0.15, -0.1) is 0 Å². The molecular weight excluding hydrogens is 258 g/mol. The van der Waals surface area contributed by atoms with Crippen LogP contribution in [0, 0.1) is 6.92 Å². The number of hydrogen-bond donors (Lipinski definition) is 1. The van der Waals surface area contributed by atoms with Gasteiger partial charge in [0.2, 0.25) is 0 Å². The van der Waals surface area contributed by atoms with Crippen molar-refractivity contribution < 1.29 is 13.9 Å². The maximum absolute atomic E-state index is 11.6. The van der Waals surface area contributed by atoms with Crippen LogP contribution in [0.3, 0.4) is 0 Å². The first-order chi connectivity index (χ1) is 9.60. The molecule has 1 N–H and O–H groups in total. The van der Waals surface area contributed by atoms with E-state index in [1.165, 1.54) is 6.26 Å². The third kappa shape index (κ3) is 1.96. The molecule has 3 rings (SSSR count). The fourth-order valence-electron chi connectivity index (χ4n) is 2.35. The summed E-state index contributed by atoms with van der Waals surface area (Å²) < 4.78 is 11.9. The van der Waals surface area contributed by atoms with Crippen molar-refractivity contribution in [1.29, 1.82) is 0 Å². The van der Waals surface area contributed by atoms with Crippen LogP contribution < -0.4 is 5.76 Å². The van der Waals surface area contributed by atoms with Gasteiger partial charge in [-0.2, -0.15) is 0 Å². The summed E-state index contributed by atoms with van der Waals surface area (Å²) in [5, 5.41) is 10.3. The van der Waals surface area contributed by atoms with Crippen LogP contribution in [0.5, 0.6) is 0 Å². The second-order valence-corrected chi connectivity index (χ2v) is 4.73. The van der Waals surface area contributed by atoms with Gasteiger partial charge in [-0.25, -0.2) is 4.79 Å². The molecule has 2 heterocycles. The summed E-state index contributed by atoms with van der Waals surface area (Å²) in [5.41, 5.74) is 2.56. The molecule has 0 spiro atoms. The Morgan fingerprint density at radius 3 is 2.75 bits per heavy atom. The lowest BCUT2D eigenvalue weighted by Gasteiger charge is -2.08. The van der Waals surface area contributed by atoms with Crippen molar-refractivity contribution in [1.82, 2.24) is 4.57 Å². The largest absolute Gasteiger partial charge is 0.469 e. The molecule has 0 bridgehead atoms. The van der Waals surface area contributed by atoms with Crippen molar-refractivity contribution in [2.75, 3.05) is 0 Å². The normalized spacial score (nSPS) is 12.9. The van der Waals surface area contributed by atoms with Crippen LogP contribution in [0.15, 0.2) is 44.2 Å². The van der Waals surface area contributed by atoms with Crippen LogP contribution in [0.25, 0.3) is 11.1 Å². The Morgan fingerprint density at radius 2 is 2.10 bits per heavy atom. The number of aliphatic hydroxyl groups is 1. The van der Waals surface area contributed by atoms with Gasteiger partial charge >= 0.3 is 5.76 Å². The molecule has 0 aliphatic heterocycles. The zero-order valence-corrected chi connectivity index (χ0v) is 11.3. The van der Waals surface area contributed by atoms with Crippen LogP contribution in [0.1, 0.15) is 29.9 Å². The molecule has 0 aliphatic carbocycles. The van der Waals surface area contributed by atoms with Crippen LogP contribution >= 0.6 is 0 Å². The highest BCUT2D eigenvalue weighted by Crippen LogP contribution is 2.26. The molecule has 0 fully saturated rings. The van der Waals surface area contributed by atoms with Crippen molar-refractivity contribution in [2.45, 2.75) is 26.5 Å². The van der Waals surface area contributed by atoms with Gasteiger partial charge < -0.3 is 13.9 Å². The van der Waals surface area contributed by atoms with Crippen LogP contribution in [0.2, 0.25) is 0 Å². The SMILES string of the molecule is CCn1c(=O)oc2cc(C(O)c3coc(C)c3)ccc21. The summed E-state index contributed by atoms with van der Waals surface area (Å²) in [6.45, 7) is 4.25. The Bertz CT molecular complexity index is 809. The van der Waals surface area contributed by atoms with Gasteiger partial charge in [0.25, 0.3) is 0 Å². The molecule has 20 heavy (non-hydrogen) atoms. The highest BCUT2D eigenvalue weighted by molar-refractivity contribution is 5.74. The van der Waals surface area contributed by atoms with Gasteiger partial charge in [0.05, 0.1) is 11.8 Å². The number of hydrogen-bond acceptors (Lipinski definition) is 4. The molecule has 1 aromatic carbocycles. The lowest BCUT2D eigenvalue weighted by molar-refractivity contribution is 0.219. The van der Waals surface area contributed by atoms with Crippen molar-refractivity contribution in [2.24, 2.45) is 0 Å². The molecule has 3 aromatic rings. The second kappa shape index (κ2) is 4.68. The maximum Gasteiger partial charge on any atom is 0.419 e. The van der Waals surface area contributed by atoms with Crippen molar-refractivity contribution >= 4 is 11.1 Å². The zero-order valence-electron chi connectivity index (χ0n) is 11.3. The minimum atomic E-state index is -0.799. The fraction of sp³-hybridized carbons (Fsp3) is 0.267. The first-order valence-corrected chi connectivity index (χ1v) is 6.46. The summed E-state index contributed by atoms with van der Waals surface area (Å²) in [4.78, 5) is 11.6. The van der Waals surface area contributed by atoms with E-state index >= 15 is 0 Å². The number of nitrogens with zero attached hydrogens (tertiary/aromatic N) is 1. The van der Waals surface area contributed by atoms with E-state index in [2.05, 4.69) is 0 Å². The average molecular weight is 273 g/mol. The van der Waals surface area contributed by atoms with E-state index in [9.17, 15) is 9.90 Å². The molecule has 0 radical (unpaired) electrons. The predicted molar refractivity (Wildman–Crippen MR) is 73.7 cm³/mol. The number of aromatic nitrogens is 1. The van der Waals surface area contributed by atoms with Crippen LogP contribution in [0.4, 0.5) is 0 Å². The topological polar surface area (TPSA) is 68.5 Å². The number of oxazole rings is 1. The molecule has 1 atom stereocenters. The minimum Gasteiger partial charge on any atom is -0.469 e. The molecule has 1 unspecified atom stereocenters. The van der Waals surface area contributed by atoms with Gasteiger partial charge in [0.1, 0.15) is 11.9 Å².